The number of urea groups is 1. The number of nitrogens with one attached hydrogen (secondary N) is 2. The van der Waals surface area contributed by atoms with Crippen molar-refractivity contribution in [3.63, 3.8) is 0 Å². The molecule has 2 atom stereocenters. The van der Waals surface area contributed by atoms with Crippen molar-refractivity contribution in [1.82, 2.24) is 10.6 Å². The van der Waals surface area contributed by atoms with Gasteiger partial charge in [0, 0.05) is 0 Å². The highest BCUT2D eigenvalue weighted by molar-refractivity contribution is 5.87. The monoisotopic (exact) mass is 293 g/mol. The molecule has 0 aliphatic heterocycles. The van der Waals surface area contributed by atoms with E-state index in [0.717, 1.165) is 11.1 Å². The zero-order valence-corrected chi connectivity index (χ0v) is 11.9. The molecule has 1 aromatic rings. The number of aryl methyl sites for hydroxylation is 1. The minimum atomic E-state index is -1.34. The number of primary amides is 1. The predicted octanol–water partition coefficient (Wildman–Crippen LogP) is 0.684. The van der Waals surface area contributed by atoms with Gasteiger partial charge < -0.3 is 21.5 Å². The van der Waals surface area contributed by atoms with Crippen molar-refractivity contribution >= 4 is 17.9 Å². The summed E-state index contributed by atoms with van der Waals surface area (Å²) in [5, 5.41) is 13.8. The molecule has 21 heavy (non-hydrogen) atoms. The van der Waals surface area contributed by atoms with Gasteiger partial charge in [0.15, 0.2) is 0 Å². The summed E-state index contributed by atoms with van der Waals surface area (Å²) in [6, 6.07) is 5.22. The number of benzene rings is 1. The van der Waals surface area contributed by atoms with Crippen LogP contribution in [-0.4, -0.2) is 29.1 Å². The smallest absolute Gasteiger partial charge is 0.326 e. The summed E-state index contributed by atoms with van der Waals surface area (Å²) in [6.45, 7) is 3.70. The second-order valence-corrected chi connectivity index (χ2v) is 4.76. The lowest BCUT2D eigenvalue weighted by Crippen LogP contribution is -2.48. The minimum absolute atomic E-state index is 0.297. The number of carboxylic acid groups (broad SMARTS) is 1. The Morgan fingerprint density at radius 1 is 1.24 bits per heavy atom. The van der Waals surface area contributed by atoms with Gasteiger partial charge >= 0.3 is 12.0 Å². The van der Waals surface area contributed by atoms with Crippen LogP contribution >= 0.6 is 0 Å². The number of nitrogens with two attached hydrogens (primary N) is 1. The van der Waals surface area contributed by atoms with Gasteiger partial charge in [0.1, 0.15) is 6.04 Å². The van der Waals surface area contributed by atoms with Gasteiger partial charge in [0.25, 0.3) is 0 Å². The Bertz CT molecular complexity index is 545. The maximum absolute atomic E-state index is 11.8. The van der Waals surface area contributed by atoms with Gasteiger partial charge in [-0.05, 0) is 25.0 Å². The summed E-state index contributed by atoms with van der Waals surface area (Å²) in [5.74, 6) is -2.11. The number of hydrogen-bond donors (Lipinski definition) is 4. The third-order valence-corrected chi connectivity index (χ3v) is 3.01. The average Bonchev–Trinajstić information content (AvgIpc) is 2.37. The largest absolute Gasteiger partial charge is 0.480 e. The lowest BCUT2D eigenvalue weighted by Gasteiger charge is -2.19. The van der Waals surface area contributed by atoms with Crippen LogP contribution in [0.3, 0.4) is 0 Å². The Hall–Kier alpha value is -2.57. The van der Waals surface area contributed by atoms with E-state index >= 15 is 0 Å². The highest BCUT2D eigenvalue weighted by Gasteiger charge is 2.23. The number of rotatable bonds is 6. The van der Waals surface area contributed by atoms with Crippen LogP contribution in [0.2, 0.25) is 0 Å². The minimum Gasteiger partial charge on any atom is -0.480 e. The number of amides is 3. The van der Waals surface area contributed by atoms with E-state index in [1.807, 2.05) is 31.2 Å². The highest BCUT2D eigenvalue weighted by atomic mass is 16.4. The van der Waals surface area contributed by atoms with Crippen LogP contribution in [0.25, 0.3) is 0 Å². The van der Waals surface area contributed by atoms with E-state index in [-0.39, 0.29) is 6.04 Å². The quantitative estimate of drug-likeness (QED) is 0.616. The molecule has 0 radical (unpaired) electrons. The Labute approximate surface area is 122 Å². The molecule has 7 heteroatoms. The van der Waals surface area contributed by atoms with Crippen molar-refractivity contribution in [3.05, 3.63) is 35.4 Å². The maximum Gasteiger partial charge on any atom is 0.326 e. The van der Waals surface area contributed by atoms with E-state index in [1.54, 1.807) is 6.92 Å². The topological polar surface area (TPSA) is 122 Å². The predicted molar refractivity (Wildman–Crippen MR) is 76.5 cm³/mol. The van der Waals surface area contributed by atoms with Gasteiger partial charge in [-0.15, -0.1) is 0 Å². The number of carbonyl (C=O) groups excluding carboxylic acids is 2. The van der Waals surface area contributed by atoms with Crippen molar-refractivity contribution in [2.45, 2.75) is 32.4 Å². The maximum atomic E-state index is 11.8. The number of carbonyl (C=O) groups is 3. The molecule has 1 rings (SSSR count). The third-order valence-electron chi connectivity index (χ3n) is 3.01. The standard InChI is InChI=1S/C14H19N3O4/c1-8-5-3-4-6-10(8)9(2)16-14(21)17-11(13(19)20)7-12(15)18/h3-6,9,11H,7H2,1-2H3,(H2,15,18)(H,19,20)(H2,16,17,21)/t9?,11-/m1/s1. The molecule has 0 saturated carbocycles. The fraction of sp³-hybridized carbons (Fsp3) is 0.357. The number of carboxylic acids is 1. The molecule has 0 spiro atoms. The molecular weight excluding hydrogens is 274 g/mol. The van der Waals surface area contributed by atoms with Crippen LogP contribution in [0.5, 0.6) is 0 Å². The average molecular weight is 293 g/mol. The van der Waals surface area contributed by atoms with E-state index in [2.05, 4.69) is 10.6 Å². The van der Waals surface area contributed by atoms with Crippen LogP contribution in [0, 0.1) is 6.92 Å². The summed E-state index contributed by atoms with van der Waals surface area (Å²) in [5.41, 5.74) is 6.88. The van der Waals surface area contributed by atoms with Crippen molar-refractivity contribution in [1.29, 1.82) is 0 Å². The fourth-order valence-electron chi connectivity index (χ4n) is 1.95. The lowest BCUT2D eigenvalue weighted by atomic mass is 10.0. The summed E-state index contributed by atoms with van der Waals surface area (Å²) in [6.07, 6.45) is -0.457. The molecule has 0 saturated heterocycles. The zero-order valence-electron chi connectivity index (χ0n) is 11.9. The first kappa shape index (κ1) is 16.5. The molecule has 0 heterocycles. The molecule has 0 aromatic heterocycles. The molecule has 0 aliphatic carbocycles. The molecule has 1 unspecified atom stereocenters. The van der Waals surface area contributed by atoms with Crippen molar-refractivity contribution in [2.75, 3.05) is 0 Å². The lowest BCUT2D eigenvalue weighted by molar-refractivity contribution is -0.140. The van der Waals surface area contributed by atoms with Gasteiger partial charge in [0.05, 0.1) is 12.5 Å². The first-order chi connectivity index (χ1) is 9.81. The van der Waals surface area contributed by atoms with Gasteiger partial charge in [-0.25, -0.2) is 9.59 Å². The van der Waals surface area contributed by atoms with Gasteiger partial charge in [-0.1, -0.05) is 24.3 Å². The molecule has 0 aliphatic rings. The normalized spacial score (nSPS) is 13.0. The van der Waals surface area contributed by atoms with Crippen LogP contribution in [-0.2, 0) is 9.59 Å². The molecule has 1 aromatic carbocycles. The zero-order chi connectivity index (χ0) is 16.0. The SMILES string of the molecule is Cc1ccccc1C(C)NC(=O)N[C@H](CC(N)=O)C(=O)O. The summed E-state index contributed by atoms with van der Waals surface area (Å²) >= 11 is 0. The Balaban J connectivity index is 2.66. The molecule has 5 N–H and O–H groups in total. The van der Waals surface area contributed by atoms with Gasteiger partial charge in [-0.3, -0.25) is 4.79 Å². The van der Waals surface area contributed by atoms with Crippen LogP contribution in [0.4, 0.5) is 4.79 Å². The van der Waals surface area contributed by atoms with Crippen molar-refractivity contribution < 1.29 is 19.5 Å². The molecule has 114 valence electrons. The van der Waals surface area contributed by atoms with Crippen LogP contribution in [0.1, 0.15) is 30.5 Å². The Morgan fingerprint density at radius 2 is 1.86 bits per heavy atom. The fourth-order valence-corrected chi connectivity index (χ4v) is 1.95. The van der Waals surface area contributed by atoms with E-state index in [4.69, 9.17) is 10.8 Å². The summed E-state index contributed by atoms with van der Waals surface area (Å²) in [7, 11) is 0. The number of hydrogen-bond acceptors (Lipinski definition) is 3. The molecule has 0 bridgehead atoms. The second kappa shape index (κ2) is 7.28. The van der Waals surface area contributed by atoms with E-state index in [9.17, 15) is 14.4 Å². The molecule has 7 nitrogen and oxygen atoms in total. The highest BCUT2D eigenvalue weighted by Crippen LogP contribution is 2.16. The molecular formula is C14H19N3O4. The van der Waals surface area contributed by atoms with Crippen LogP contribution in [0.15, 0.2) is 24.3 Å². The van der Waals surface area contributed by atoms with E-state index in [0.29, 0.717) is 0 Å². The first-order valence-electron chi connectivity index (χ1n) is 6.45. The Kier molecular flexibility index (Phi) is 5.71. The summed E-state index contributed by atoms with van der Waals surface area (Å²) in [4.78, 5) is 33.5. The van der Waals surface area contributed by atoms with Gasteiger partial charge in [-0.2, -0.15) is 0 Å². The molecule has 3 amide bonds. The third kappa shape index (κ3) is 5.13. The molecule has 0 fully saturated rings. The Morgan fingerprint density at radius 3 is 2.38 bits per heavy atom. The summed E-state index contributed by atoms with van der Waals surface area (Å²) < 4.78 is 0. The van der Waals surface area contributed by atoms with E-state index in [1.165, 1.54) is 0 Å². The second-order valence-electron chi connectivity index (χ2n) is 4.76. The van der Waals surface area contributed by atoms with Gasteiger partial charge in [0.2, 0.25) is 5.91 Å². The number of aliphatic carboxylic acids is 1. The van der Waals surface area contributed by atoms with Crippen molar-refractivity contribution in [2.24, 2.45) is 5.73 Å². The van der Waals surface area contributed by atoms with E-state index < -0.39 is 30.4 Å². The van der Waals surface area contributed by atoms with Crippen LogP contribution < -0.4 is 16.4 Å². The van der Waals surface area contributed by atoms with Crippen molar-refractivity contribution in [3.8, 4) is 0 Å². The first-order valence-corrected chi connectivity index (χ1v) is 6.45.